The molecule has 1 aliphatic rings. The van der Waals surface area contributed by atoms with Gasteiger partial charge in [0.2, 0.25) is 0 Å². The molecular weight excluding hydrogens is 256 g/mol. The van der Waals surface area contributed by atoms with E-state index in [0.29, 0.717) is 0 Å². The Labute approximate surface area is 130 Å². The van der Waals surface area contributed by atoms with E-state index < -0.39 is 0 Å². The van der Waals surface area contributed by atoms with Crippen molar-refractivity contribution in [2.45, 2.75) is 71.5 Å². The number of hydrogen-bond acceptors (Lipinski definition) is 2. The van der Waals surface area contributed by atoms with Gasteiger partial charge in [0.1, 0.15) is 0 Å². The second-order valence-electron chi connectivity index (χ2n) is 6.48. The molecule has 0 amide bonds. The number of likely N-dealkylation sites (tertiary alicyclic amines) is 1. The lowest BCUT2D eigenvalue weighted by Crippen LogP contribution is -2.33. The van der Waals surface area contributed by atoms with Crippen molar-refractivity contribution in [1.29, 1.82) is 0 Å². The molecule has 2 rings (SSSR count). The van der Waals surface area contributed by atoms with E-state index in [1.54, 1.807) is 0 Å². The van der Waals surface area contributed by atoms with Crippen molar-refractivity contribution in [3.63, 3.8) is 0 Å². The molecule has 1 aliphatic heterocycles. The van der Waals surface area contributed by atoms with E-state index >= 15 is 0 Å². The van der Waals surface area contributed by atoms with Gasteiger partial charge in [0, 0.05) is 18.6 Å². The van der Waals surface area contributed by atoms with Crippen LogP contribution in [0.4, 0.5) is 0 Å². The van der Waals surface area contributed by atoms with Gasteiger partial charge in [-0.25, -0.2) is 0 Å². The maximum absolute atomic E-state index is 3.47. The standard InChI is InChI=1S/C19H32N2/c1-4-13-20-14-12-17-7-9-18(10-8-17)15-21-16(3)6-11-19(21)5-2/h7-10,16,19-20H,4-6,11-15H2,1-3H3. The number of benzene rings is 1. The summed E-state index contributed by atoms with van der Waals surface area (Å²) < 4.78 is 0. The van der Waals surface area contributed by atoms with Crippen LogP contribution in [-0.2, 0) is 13.0 Å². The van der Waals surface area contributed by atoms with Crippen LogP contribution in [0.15, 0.2) is 24.3 Å². The van der Waals surface area contributed by atoms with Gasteiger partial charge in [-0.3, -0.25) is 4.90 Å². The maximum Gasteiger partial charge on any atom is 0.0239 e. The van der Waals surface area contributed by atoms with Gasteiger partial charge in [0.15, 0.2) is 0 Å². The predicted octanol–water partition coefficient (Wildman–Crippen LogP) is 3.99. The SMILES string of the molecule is CCCNCCc1ccc(CN2C(C)CCC2CC)cc1. The second kappa shape index (κ2) is 8.55. The summed E-state index contributed by atoms with van der Waals surface area (Å²) in [5.41, 5.74) is 2.91. The van der Waals surface area contributed by atoms with E-state index in [9.17, 15) is 0 Å². The van der Waals surface area contributed by atoms with E-state index in [2.05, 4.69) is 55.3 Å². The zero-order valence-electron chi connectivity index (χ0n) is 14.1. The summed E-state index contributed by atoms with van der Waals surface area (Å²) >= 11 is 0. The Morgan fingerprint density at radius 2 is 1.76 bits per heavy atom. The summed E-state index contributed by atoms with van der Waals surface area (Å²) in [6, 6.07) is 10.8. The van der Waals surface area contributed by atoms with Gasteiger partial charge >= 0.3 is 0 Å². The number of rotatable bonds is 8. The molecular formula is C19H32N2. The molecule has 1 aromatic carbocycles. The van der Waals surface area contributed by atoms with Crippen molar-refractivity contribution in [1.82, 2.24) is 10.2 Å². The van der Waals surface area contributed by atoms with Crippen LogP contribution in [0.2, 0.25) is 0 Å². The van der Waals surface area contributed by atoms with Crippen molar-refractivity contribution in [3.05, 3.63) is 35.4 Å². The first-order valence-corrected chi connectivity index (χ1v) is 8.78. The van der Waals surface area contributed by atoms with Crippen molar-refractivity contribution >= 4 is 0 Å². The average Bonchev–Trinajstić information content (AvgIpc) is 2.86. The maximum atomic E-state index is 3.47. The molecule has 2 nitrogen and oxygen atoms in total. The quantitative estimate of drug-likeness (QED) is 0.728. The van der Waals surface area contributed by atoms with Gasteiger partial charge in [-0.2, -0.15) is 0 Å². The second-order valence-corrected chi connectivity index (χ2v) is 6.48. The van der Waals surface area contributed by atoms with Crippen LogP contribution in [0.25, 0.3) is 0 Å². The number of nitrogens with one attached hydrogen (secondary N) is 1. The molecule has 0 saturated carbocycles. The van der Waals surface area contributed by atoms with Crippen LogP contribution >= 0.6 is 0 Å². The lowest BCUT2D eigenvalue weighted by atomic mass is 10.1. The number of hydrogen-bond donors (Lipinski definition) is 1. The molecule has 118 valence electrons. The van der Waals surface area contributed by atoms with Gasteiger partial charge in [-0.15, -0.1) is 0 Å². The topological polar surface area (TPSA) is 15.3 Å². The molecule has 1 aromatic rings. The summed E-state index contributed by atoms with van der Waals surface area (Å²) in [7, 11) is 0. The molecule has 0 aromatic heterocycles. The van der Waals surface area contributed by atoms with E-state index in [-0.39, 0.29) is 0 Å². The van der Waals surface area contributed by atoms with Gasteiger partial charge in [0.25, 0.3) is 0 Å². The molecule has 21 heavy (non-hydrogen) atoms. The Bertz CT molecular complexity index is 399. The summed E-state index contributed by atoms with van der Waals surface area (Å²) in [6.45, 7) is 10.3. The highest BCUT2D eigenvalue weighted by atomic mass is 15.2. The molecule has 1 N–H and O–H groups in total. The lowest BCUT2D eigenvalue weighted by molar-refractivity contribution is 0.189. The van der Waals surface area contributed by atoms with Crippen molar-refractivity contribution in [2.24, 2.45) is 0 Å². The first-order chi connectivity index (χ1) is 10.2. The summed E-state index contributed by atoms with van der Waals surface area (Å²) in [6.07, 6.45) is 6.37. The molecule has 0 spiro atoms. The Hall–Kier alpha value is -0.860. The average molecular weight is 288 g/mol. The van der Waals surface area contributed by atoms with Gasteiger partial charge in [-0.1, -0.05) is 38.1 Å². The first-order valence-electron chi connectivity index (χ1n) is 8.78. The molecule has 1 saturated heterocycles. The molecule has 2 heteroatoms. The zero-order chi connectivity index (χ0) is 15.1. The monoisotopic (exact) mass is 288 g/mol. The van der Waals surface area contributed by atoms with Crippen molar-refractivity contribution in [2.75, 3.05) is 13.1 Å². The largest absolute Gasteiger partial charge is 0.316 e. The highest BCUT2D eigenvalue weighted by molar-refractivity contribution is 5.23. The van der Waals surface area contributed by atoms with Crippen LogP contribution in [0, 0.1) is 0 Å². The normalized spacial score (nSPS) is 22.8. The fourth-order valence-electron chi connectivity index (χ4n) is 3.41. The minimum Gasteiger partial charge on any atom is -0.316 e. The van der Waals surface area contributed by atoms with E-state index in [0.717, 1.165) is 38.1 Å². The van der Waals surface area contributed by atoms with E-state index in [1.165, 1.54) is 36.8 Å². The van der Waals surface area contributed by atoms with Crippen LogP contribution < -0.4 is 5.32 Å². The fourth-order valence-corrected chi connectivity index (χ4v) is 3.41. The van der Waals surface area contributed by atoms with E-state index in [1.807, 2.05) is 0 Å². The summed E-state index contributed by atoms with van der Waals surface area (Å²) in [5, 5.41) is 3.47. The van der Waals surface area contributed by atoms with Gasteiger partial charge < -0.3 is 5.32 Å². The number of nitrogens with zero attached hydrogens (tertiary/aromatic N) is 1. The molecule has 0 bridgehead atoms. The molecule has 0 aliphatic carbocycles. The lowest BCUT2D eigenvalue weighted by Gasteiger charge is -2.27. The molecule has 1 heterocycles. The molecule has 2 unspecified atom stereocenters. The third kappa shape index (κ3) is 4.82. The Morgan fingerprint density at radius 1 is 1.05 bits per heavy atom. The Balaban J connectivity index is 1.84. The van der Waals surface area contributed by atoms with Gasteiger partial charge in [-0.05, 0) is 63.2 Å². The predicted molar refractivity (Wildman–Crippen MR) is 91.6 cm³/mol. The minimum atomic E-state index is 0.743. The van der Waals surface area contributed by atoms with Crippen LogP contribution in [0.3, 0.4) is 0 Å². The summed E-state index contributed by atoms with van der Waals surface area (Å²) in [4.78, 5) is 2.69. The van der Waals surface area contributed by atoms with Gasteiger partial charge in [0.05, 0.1) is 0 Å². The Morgan fingerprint density at radius 3 is 2.43 bits per heavy atom. The third-order valence-corrected chi connectivity index (χ3v) is 4.83. The molecule has 0 radical (unpaired) electrons. The highest BCUT2D eigenvalue weighted by Crippen LogP contribution is 2.27. The first kappa shape index (κ1) is 16.5. The summed E-state index contributed by atoms with van der Waals surface area (Å²) in [5.74, 6) is 0. The smallest absolute Gasteiger partial charge is 0.0239 e. The zero-order valence-corrected chi connectivity index (χ0v) is 14.1. The Kier molecular flexibility index (Phi) is 6.72. The van der Waals surface area contributed by atoms with Crippen molar-refractivity contribution < 1.29 is 0 Å². The van der Waals surface area contributed by atoms with Crippen LogP contribution in [-0.4, -0.2) is 30.1 Å². The van der Waals surface area contributed by atoms with E-state index in [4.69, 9.17) is 0 Å². The highest BCUT2D eigenvalue weighted by Gasteiger charge is 2.28. The van der Waals surface area contributed by atoms with Crippen LogP contribution in [0.1, 0.15) is 57.6 Å². The fraction of sp³-hybridized carbons (Fsp3) is 0.684. The van der Waals surface area contributed by atoms with Crippen molar-refractivity contribution in [3.8, 4) is 0 Å². The molecule has 1 fully saturated rings. The van der Waals surface area contributed by atoms with Crippen LogP contribution in [0.5, 0.6) is 0 Å². The minimum absolute atomic E-state index is 0.743. The third-order valence-electron chi connectivity index (χ3n) is 4.83. The molecule has 2 atom stereocenters.